The van der Waals surface area contributed by atoms with E-state index in [0.717, 1.165) is 4.90 Å². The van der Waals surface area contributed by atoms with Gasteiger partial charge in [0.1, 0.15) is 18.1 Å². The van der Waals surface area contributed by atoms with Crippen molar-refractivity contribution in [2.75, 3.05) is 6.61 Å². The maximum atomic E-state index is 11.5. The Morgan fingerprint density at radius 3 is 2.12 bits per heavy atom. The summed E-state index contributed by atoms with van der Waals surface area (Å²) >= 11 is 1.34. The van der Waals surface area contributed by atoms with E-state index < -0.39 is 41.7 Å². The van der Waals surface area contributed by atoms with Crippen LogP contribution in [-0.2, 0) is 33.3 Å². The highest BCUT2D eigenvalue weighted by atomic mass is 32.2. The molecule has 2 rings (SSSR count). The Morgan fingerprint density at radius 2 is 1.56 bits per heavy atom. The second-order valence-electron chi connectivity index (χ2n) is 5.42. The molecular formula is C17H20O7S. The quantitative estimate of drug-likeness (QED) is 0.556. The molecular weight excluding hydrogens is 348 g/mol. The maximum absolute atomic E-state index is 11.5. The van der Waals surface area contributed by atoms with Gasteiger partial charge in [0.25, 0.3) is 0 Å². The highest BCUT2D eigenvalue weighted by molar-refractivity contribution is 7.99. The van der Waals surface area contributed by atoms with Crippen molar-refractivity contribution in [3.63, 3.8) is 0 Å². The van der Waals surface area contributed by atoms with Gasteiger partial charge in [0.2, 0.25) is 0 Å². The Kier molecular flexibility index (Phi) is 6.83. The lowest BCUT2D eigenvalue weighted by atomic mass is 10.1. The summed E-state index contributed by atoms with van der Waals surface area (Å²) in [6.07, 6.45) is -2.40. The number of carbonyl (C=O) groups excluding carboxylic acids is 3. The van der Waals surface area contributed by atoms with Crippen LogP contribution in [0, 0.1) is 0 Å². The highest BCUT2D eigenvalue weighted by Crippen LogP contribution is 2.37. The molecule has 1 fully saturated rings. The van der Waals surface area contributed by atoms with Crippen LogP contribution in [0.2, 0.25) is 0 Å². The molecule has 1 heterocycles. The van der Waals surface area contributed by atoms with Crippen LogP contribution in [-0.4, -0.2) is 48.3 Å². The Labute approximate surface area is 150 Å². The van der Waals surface area contributed by atoms with Crippen LogP contribution >= 0.6 is 11.8 Å². The van der Waals surface area contributed by atoms with Gasteiger partial charge in [-0.05, 0) is 12.1 Å². The van der Waals surface area contributed by atoms with Gasteiger partial charge in [0, 0.05) is 25.7 Å². The first-order valence-corrected chi connectivity index (χ1v) is 8.59. The molecule has 1 aliphatic heterocycles. The van der Waals surface area contributed by atoms with E-state index in [1.807, 2.05) is 30.3 Å². The summed E-state index contributed by atoms with van der Waals surface area (Å²) in [5, 5.41) is 0. The highest BCUT2D eigenvalue weighted by Gasteiger charge is 2.50. The lowest BCUT2D eigenvalue weighted by Gasteiger charge is -2.23. The molecule has 4 atom stereocenters. The molecule has 1 aromatic carbocycles. The van der Waals surface area contributed by atoms with Gasteiger partial charge < -0.3 is 18.9 Å². The Balaban J connectivity index is 2.21. The van der Waals surface area contributed by atoms with Crippen molar-refractivity contribution in [1.82, 2.24) is 0 Å². The first-order chi connectivity index (χ1) is 11.9. The van der Waals surface area contributed by atoms with Crippen molar-refractivity contribution >= 4 is 29.7 Å². The summed E-state index contributed by atoms with van der Waals surface area (Å²) < 4.78 is 21.5. The second-order valence-corrected chi connectivity index (χ2v) is 6.60. The summed E-state index contributed by atoms with van der Waals surface area (Å²) in [6.45, 7) is 3.70. The summed E-state index contributed by atoms with van der Waals surface area (Å²) in [5.41, 5.74) is -0.601. The molecule has 8 heteroatoms. The van der Waals surface area contributed by atoms with Crippen molar-refractivity contribution < 1.29 is 33.3 Å². The van der Waals surface area contributed by atoms with Crippen molar-refractivity contribution in [2.45, 2.75) is 49.4 Å². The largest absolute Gasteiger partial charge is 0.463 e. The van der Waals surface area contributed by atoms with Crippen molar-refractivity contribution in [2.24, 2.45) is 0 Å². The zero-order chi connectivity index (χ0) is 18.4. The van der Waals surface area contributed by atoms with E-state index >= 15 is 0 Å². The van der Waals surface area contributed by atoms with E-state index in [2.05, 4.69) is 0 Å². The van der Waals surface area contributed by atoms with Crippen LogP contribution < -0.4 is 0 Å². The van der Waals surface area contributed by atoms with Gasteiger partial charge in [-0.15, -0.1) is 0 Å². The number of benzene rings is 1. The fourth-order valence-electron chi connectivity index (χ4n) is 2.40. The van der Waals surface area contributed by atoms with E-state index in [-0.39, 0.29) is 6.61 Å². The minimum Gasteiger partial charge on any atom is -0.463 e. The van der Waals surface area contributed by atoms with Crippen LogP contribution in [0.4, 0.5) is 0 Å². The van der Waals surface area contributed by atoms with E-state index in [4.69, 9.17) is 18.9 Å². The van der Waals surface area contributed by atoms with Crippen molar-refractivity contribution in [1.29, 1.82) is 0 Å². The van der Waals surface area contributed by atoms with E-state index in [1.54, 1.807) is 0 Å². The van der Waals surface area contributed by atoms with Crippen molar-refractivity contribution in [3.05, 3.63) is 30.3 Å². The summed E-state index contributed by atoms with van der Waals surface area (Å²) in [5.74, 6) is -1.53. The van der Waals surface area contributed by atoms with Gasteiger partial charge in [0.15, 0.2) is 12.2 Å². The molecule has 0 N–H and O–H groups in total. The third kappa shape index (κ3) is 5.75. The molecule has 1 aromatic rings. The van der Waals surface area contributed by atoms with Gasteiger partial charge in [-0.2, -0.15) is 0 Å². The molecule has 7 nitrogen and oxygen atoms in total. The normalized spacial score (nSPS) is 25.2. The van der Waals surface area contributed by atoms with Gasteiger partial charge in [0.05, 0.1) is 0 Å². The number of hydrogen-bond donors (Lipinski definition) is 0. The molecule has 0 aromatic heterocycles. The first-order valence-electron chi connectivity index (χ1n) is 7.71. The van der Waals surface area contributed by atoms with Crippen LogP contribution in [0.5, 0.6) is 0 Å². The molecule has 0 aliphatic carbocycles. The monoisotopic (exact) mass is 368 g/mol. The first kappa shape index (κ1) is 19.3. The Hall–Kier alpha value is -2.06. The van der Waals surface area contributed by atoms with Crippen LogP contribution in [0.15, 0.2) is 35.2 Å². The molecule has 1 saturated heterocycles. The number of carbonyl (C=O) groups is 3. The predicted molar refractivity (Wildman–Crippen MR) is 88.7 cm³/mol. The fourth-order valence-corrected chi connectivity index (χ4v) is 3.53. The molecule has 0 saturated carbocycles. The average Bonchev–Trinajstić information content (AvgIpc) is 2.82. The number of thioether (sulfide) groups is 1. The summed E-state index contributed by atoms with van der Waals surface area (Å²) in [4.78, 5) is 34.9. The smallest absolute Gasteiger partial charge is 0.303 e. The molecule has 0 unspecified atom stereocenters. The van der Waals surface area contributed by atoms with Gasteiger partial charge in [-0.3, -0.25) is 14.4 Å². The maximum Gasteiger partial charge on any atom is 0.303 e. The lowest BCUT2D eigenvalue weighted by Crippen LogP contribution is -2.40. The Bertz CT molecular complexity index is 619. The third-order valence-corrected chi connectivity index (χ3v) is 4.47. The molecule has 25 heavy (non-hydrogen) atoms. The third-order valence-electron chi connectivity index (χ3n) is 3.32. The van der Waals surface area contributed by atoms with Gasteiger partial charge >= 0.3 is 17.9 Å². The zero-order valence-electron chi connectivity index (χ0n) is 14.2. The second kappa shape index (κ2) is 8.87. The Morgan fingerprint density at radius 1 is 0.960 bits per heavy atom. The SMILES string of the molecule is CC(=O)OC[C@H]1O[C@@H](Sc2ccccc2)[C@H](OC(C)=O)[C@@H]1OC(C)=O. The predicted octanol–water partition coefficient (Wildman–Crippen LogP) is 1.93. The lowest BCUT2D eigenvalue weighted by molar-refractivity contribution is -0.165. The number of ether oxygens (including phenoxy) is 4. The number of esters is 3. The molecule has 0 radical (unpaired) electrons. The summed E-state index contributed by atoms with van der Waals surface area (Å²) in [7, 11) is 0. The van der Waals surface area contributed by atoms with Gasteiger partial charge in [-0.1, -0.05) is 30.0 Å². The van der Waals surface area contributed by atoms with Crippen molar-refractivity contribution in [3.8, 4) is 0 Å². The van der Waals surface area contributed by atoms with E-state index in [9.17, 15) is 14.4 Å². The zero-order valence-corrected chi connectivity index (χ0v) is 15.0. The minimum absolute atomic E-state index is 0.100. The van der Waals surface area contributed by atoms with Crippen LogP contribution in [0.1, 0.15) is 20.8 Å². The van der Waals surface area contributed by atoms with E-state index in [1.165, 1.54) is 32.5 Å². The molecule has 0 bridgehead atoms. The van der Waals surface area contributed by atoms with Gasteiger partial charge in [-0.25, -0.2) is 0 Å². The standard InChI is InChI=1S/C17H20O7S/c1-10(18)21-9-14-15(22-11(2)19)16(23-12(3)20)17(24-14)25-13-7-5-4-6-8-13/h4-8,14-17H,9H2,1-3H3/t14-,15-,16-,17+/m1/s1. The minimum atomic E-state index is -0.859. The summed E-state index contributed by atoms with van der Waals surface area (Å²) in [6, 6.07) is 9.41. The molecule has 0 spiro atoms. The van der Waals surface area contributed by atoms with E-state index in [0.29, 0.717) is 0 Å². The topological polar surface area (TPSA) is 88.1 Å². The van der Waals surface area contributed by atoms with Crippen LogP contribution in [0.25, 0.3) is 0 Å². The van der Waals surface area contributed by atoms with Crippen LogP contribution in [0.3, 0.4) is 0 Å². The molecule has 136 valence electrons. The number of rotatable bonds is 6. The number of hydrogen-bond acceptors (Lipinski definition) is 8. The molecule has 1 aliphatic rings. The average molecular weight is 368 g/mol. The fraction of sp³-hybridized carbons (Fsp3) is 0.471. The molecule has 0 amide bonds.